The van der Waals surface area contributed by atoms with Gasteiger partial charge in [0.15, 0.2) is 5.69 Å². The minimum absolute atomic E-state index is 0.174. The zero-order valence-electron chi connectivity index (χ0n) is 7.02. The van der Waals surface area contributed by atoms with Gasteiger partial charge in [-0.15, -0.1) is 0 Å². The van der Waals surface area contributed by atoms with Gasteiger partial charge in [0.2, 0.25) is 5.95 Å². The van der Waals surface area contributed by atoms with Crippen molar-refractivity contribution in [2.45, 2.75) is 6.18 Å². The van der Waals surface area contributed by atoms with E-state index in [-0.39, 0.29) is 10.7 Å². The van der Waals surface area contributed by atoms with Crippen molar-refractivity contribution in [3.63, 3.8) is 0 Å². The first-order chi connectivity index (χ1) is 6.89. The molecule has 0 atom stereocenters. The third kappa shape index (κ3) is 1.65. The van der Waals surface area contributed by atoms with Crippen molar-refractivity contribution < 1.29 is 17.6 Å². The summed E-state index contributed by atoms with van der Waals surface area (Å²) in [6.45, 7) is 0. The van der Waals surface area contributed by atoms with Crippen LogP contribution >= 0.6 is 11.6 Å². The maximum Gasteiger partial charge on any atom is 0.437 e. The Balaban J connectivity index is 2.75. The molecule has 2 aromatic rings. The number of rotatable bonds is 0. The highest BCUT2D eigenvalue weighted by molar-refractivity contribution is 6.30. The quantitative estimate of drug-likeness (QED) is 0.645. The van der Waals surface area contributed by atoms with Crippen LogP contribution in [-0.4, -0.2) is 9.38 Å². The highest BCUT2D eigenvalue weighted by Gasteiger charge is 2.38. The Labute approximate surface area is 86.1 Å². The molecule has 7 heteroatoms. The molecule has 0 spiro atoms. The summed E-state index contributed by atoms with van der Waals surface area (Å²) in [5.74, 6) is -1.44. The summed E-state index contributed by atoms with van der Waals surface area (Å²) in [5.41, 5.74) is -1.71. The fourth-order valence-electron chi connectivity index (χ4n) is 1.17. The van der Waals surface area contributed by atoms with E-state index in [0.29, 0.717) is 4.40 Å². The molecule has 2 nitrogen and oxygen atoms in total. The van der Waals surface area contributed by atoms with E-state index in [0.717, 1.165) is 12.3 Å². The zero-order valence-corrected chi connectivity index (χ0v) is 7.77. The topological polar surface area (TPSA) is 17.3 Å². The molecule has 2 rings (SSSR count). The van der Waals surface area contributed by atoms with E-state index in [1.165, 1.54) is 6.07 Å². The van der Waals surface area contributed by atoms with Gasteiger partial charge in [-0.25, -0.2) is 4.98 Å². The summed E-state index contributed by atoms with van der Waals surface area (Å²) < 4.78 is 50.6. The van der Waals surface area contributed by atoms with E-state index in [1.54, 1.807) is 0 Å². The van der Waals surface area contributed by atoms with Crippen LogP contribution in [0.2, 0.25) is 5.02 Å². The highest BCUT2D eigenvalue weighted by atomic mass is 35.5. The number of nitrogens with zero attached hydrogens (tertiary/aromatic N) is 2. The monoisotopic (exact) mass is 238 g/mol. The van der Waals surface area contributed by atoms with Crippen LogP contribution in [0.1, 0.15) is 5.69 Å². The van der Waals surface area contributed by atoms with Gasteiger partial charge in [-0.2, -0.15) is 17.6 Å². The van der Waals surface area contributed by atoms with E-state index in [4.69, 9.17) is 11.6 Å². The number of hydrogen-bond donors (Lipinski definition) is 0. The van der Waals surface area contributed by atoms with Gasteiger partial charge in [-0.05, 0) is 6.07 Å². The second kappa shape index (κ2) is 3.10. The summed E-state index contributed by atoms with van der Waals surface area (Å²) in [4.78, 5) is 3.12. The summed E-state index contributed by atoms with van der Waals surface area (Å²) >= 11 is 5.54. The predicted molar refractivity (Wildman–Crippen MR) is 45.2 cm³/mol. The molecular weight excluding hydrogens is 236 g/mol. The Morgan fingerprint density at radius 3 is 2.60 bits per heavy atom. The molecule has 0 aromatic carbocycles. The first-order valence-corrected chi connectivity index (χ1v) is 4.17. The molecule has 0 N–H and O–H groups in total. The minimum Gasteiger partial charge on any atom is -0.276 e. The highest BCUT2D eigenvalue weighted by Crippen LogP contribution is 2.31. The van der Waals surface area contributed by atoms with E-state index in [9.17, 15) is 17.6 Å². The molecule has 2 heterocycles. The fourth-order valence-corrected chi connectivity index (χ4v) is 1.32. The molecule has 2 aromatic heterocycles. The number of pyridine rings is 1. The number of aromatic nitrogens is 2. The van der Waals surface area contributed by atoms with Crippen LogP contribution in [0.15, 0.2) is 18.3 Å². The van der Waals surface area contributed by atoms with Gasteiger partial charge >= 0.3 is 6.18 Å². The van der Waals surface area contributed by atoms with Gasteiger partial charge in [0.25, 0.3) is 0 Å². The van der Waals surface area contributed by atoms with Crippen molar-refractivity contribution in [2.75, 3.05) is 0 Å². The van der Waals surface area contributed by atoms with Crippen LogP contribution in [0, 0.1) is 5.95 Å². The van der Waals surface area contributed by atoms with Gasteiger partial charge in [0, 0.05) is 17.3 Å². The van der Waals surface area contributed by atoms with Crippen molar-refractivity contribution in [1.29, 1.82) is 0 Å². The molecule has 0 unspecified atom stereocenters. The lowest BCUT2D eigenvalue weighted by Crippen LogP contribution is -2.08. The normalized spacial score (nSPS) is 12.3. The number of fused-ring (bicyclic) bond motifs is 1. The van der Waals surface area contributed by atoms with Crippen LogP contribution in [0.25, 0.3) is 5.65 Å². The summed E-state index contributed by atoms with van der Waals surface area (Å²) in [6.07, 6.45) is -3.71. The number of hydrogen-bond acceptors (Lipinski definition) is 1. The Hall–Kier alpha value is -1.30. The van der Waals surface area contributed by atoms with Crippen molar-refractivity contribution in [2.24, 2.45) is 0 Å². The van der Waals surface area contributed by atoms with Crippen LogP contribution in [-0.2, 0) is 6.18 Å². The number of alkyl halides is 3. The first-order valence-electron chi connectivity index (χ1n) is 3.80. The smallest absolute Gasteiger partial charge is 0.276 e. The average Bonchev–Trinajstić information content (AvgIpc) is 2.42. The van der Waals surface area contributed by atoms with Gasteiger partial charge in [0.1, 0.15) is 5.65 Å². The second-order valence-corrected chi connectivity index (χ2v) is 3.26. The summed E-state index contributed by atoms with van der Waals surface area (Å²) in [6, 6.07) is 2.43. The Morgan fingerprint density at radius 2 is 2.00 bits per heavy atom. The van der Waals surface area contributed by atoms with E-state index in [2.05, 4.69) is 4.98 Å². The Kier molecular flexibility index (Phi) is 2.11. The molecule has 0 saturated heterocycles. The van der Waals surface area contributed by atoms with Gasteiger partial charge in [-0.1, -0.05) is 11.6 Å². The summed E-state index contributed by atoms with van der Waals surface area (Å²) in [7, 11) is 0. The molecule has 80 valence electrons. The second-order valence-electron chi connectivity index (χ2n) is 2.82. The van der Waals surface area contributed by atoms with Crippen molar-refractivity contribution in [3.05, 3.63) is 35.0 Å². The van der Waals surface area contributed by atoms with Crippen molar-refractivity contribution in [1.82, 2.24) is 9.38 Å². The summed E-state index contributed by atoms with van der Waals surface area (Å²) in [5, 5.41) is 0.196. The molecule has 0 fully saturated rings. The van der Waals surface area contributed by atoms with E-state index >= 15 is 0 Å². The molecular formula is C8H3ClF4N2. The fraction of sp³-hybridized carbons (Fsp3) is 0.125. The SMILES string of the molecule is Fc1c(C(F)(F)F)nc2cc(Cl)ccn12. The zero-order chi connectivity index (χ0) is 11.2. The van der Waals surface area contributed by atoms with Crippen molar-refractivity contribution in [3.8, 4) is 0 Å². The lowest BCUT2D eigenvalue weighted by atomic mass is 10.4. The number of imidazole rings is 1. The van der Waals surface area contributed by atoms with Crippen LogP contribution in [0.5, 0.6) is 0 Å². The molecule has 0 aliphatic rings. The third-order valence-corrected chi connectivity index (χ3v) is 2.03. The van der Waals surface area contributed by atoms with Crippen LogP contribution < -0.4 is 0 Å². The number of halogens is 5. The molecule has 0 saturated carbocycles. The molecule has 0 bridgehead atoms. The van der Waals surface area contributed by atoms with Gasteiger partial charge in [-0.3, -0.25) is 4.40 Å². The first kappa shape index (κ1) is 10.2. The van der Waals surface area contributed by atoms with Crippen molar-refractivity contribution >= 4 is 17.2 Å². The van der Waals surface area contributed by atoms with E-state index in [1.807, 2.05) is 0 Å². The maximum absolute atomic E-state index is 13.2. The molecule has 15 heavy (non-hydrogen) atoms. The van der Waals surface area contributed by atoms with Crippen LogP contribution in [0.3, 0.4) is 0 Å². The van der Waals surface area contributed by atoms with Gasteiger partial charge in [0.05, 0.1) is 0 Å². The molecule has 0 amide bonds. The maximum atomic E-state index is 13.2. The molecule has 0 aliphatic carbocycles. The van der Waals surface area contributed by atoms with E-state index < -0.39 is 17.8 Å². The van der Waals surface area contributed by atoms with Gasteiger partial charge < -0.3 is 0 Å². The average molecular weight is 239 g/mol. The Morgan fingerprint density at radius 1 is 1.33 bits per heavy atom. The largest absolute Gasteiger partial charge is 0.437 e. The lowest BCUT2D eigenvalue weighted by molar-refractivity contribution is -0.143. The van der Waals surface area contributed by atoms with Crippen LogP contribution in [0.4, 0.5) is 17.6 Å². The minimum atomic E-state index is -4.80. The molecule has 0 aliphatic heterocycles. The molecule has 0 radical (unpaired) electrons. The Bertz CT molecular complexity index is 517. The predicted octanol–water partition coefficient (Wildman–Crippen LogP) is 3.15. The standard InChI is InChI=1S/C8H3ClF4N2/c9-4-1-2-15-5(3-4)14-6(7(15)10)8(11,12)13/h1-3H. The third-order valence-electron chi connectivity index (χ3n) is 1.80. The lowest BCUT2D eigenvalue weighted by Gasteiger charge is -2.00.